The van der Waals surface area contributed by atoms with Crippen molar-refractivity contribution in [1.29, 1.82) is 0 Å². The first-order valence-corrected chi connectivity index (χ1v) is 6.85. The summed E-state index contributed by atoms with van der Waals surface area (Å²) in [7, 11) is 0. The number of aliphatic carboxylic acids is 1. The highest BCUT2D eigenvalue weighted by molar-refractivity contribution is 5.96. The van der Waals surface area contributed by atoms with E-state index in [1.165, 1.54) is 34.7 Å². The van der Waals surface area contributed by atoms with Gasteiger partial charge in [-0.05, 0) is 38.3 Å². The fraction of sp³-hybridized carbons (Fsp3) is 0.571. The van der Waals surface area contributed by atoms with Gasteiger partial charge in [0.25, 0.3) is 12.3 Å². The number of aromatic nitrogens is 1. The van der Waals surface area contributed by atoms with Crippen molar-refractivity contribution in [2.24, 2.45) is 0 Å². The Labute approximate surface area is 121 Å². The molecule has 0 radical (unpaired) electrons. The zero-order chi connectivity index (χ0) is 15.6. The molecule has 1 aliphatic rings. The molecular weight excluding hydrogens is 282 g/mol. The van der Waals surface area contributed by atoms with E-state index < -0.39 is 30.4 Å². The maximum Gasteiger partial charge on any atom is 0.329 e. The third-order valence-electron chi connectivity index (χ3n) is 3.98. The molecule has 1 atom stereocenters. The van der Waals surface area contributed by atoms with Gasteiger partial charge in [0.15, 0.2) is 0 Å². The summed E-state index contributed by atoms with van der Waals surface area (Å²) in [4.78, 5) is 25.4. The second kappa shape index (κ2) is 5.83. The Kier molecular flexibility index (Phi) is 4.29. The van der Waals surface area contributed by atoms with Crippen LogP contribution in [0.2, 0.25) is 0 Å². The first-order valence-electron chi connectivity index (χ1n) is 6.85. The highest BCUT2D eigenvalue weighted by atomic mass is 19.3. The number of carboxylic acid groups (broad SMARTS) is 1. The van der Waals surface area contributed by atoms with Crippen molar-refractivity contribution in [2.75, 3.05) is 6.54 Å². The fourth-order valence-electron chi connectivity index (χ4n) is 2.72. The van der Waals surface area contributed by atoms with Gasteiger partial charge in [-0.1, -0.05) is 0 Å². The minimum absolute atomic E-state index is 0.102. The van der Waals surface area contributed by atoms with Gasteiger partial charge in [-0.2, -0.15) is 0 Å². The number of likely N-dealkylation sites (tertiary alicyclic amines) is 1. The monoisotopic (exact) mass is 300 g/mol. The highest BCUT2D eigenvalue weighted by Gasteiger charge is 2.44. The molecule has 0 aliphatic carbocycles. The predicted octanol–water partition coefficient (Wildman–Crippen LogP) is 2.22. The molecular formula is C14H18F2N2O3. The zero-order valence-electron chi connectivity index (χ0n) is 11.8. The summed E-state index contributed by atoms with van der Waals surface area (Å²) in [5.41, 5.74) is -1.18. The normalized spacial score (nSPS) is 22.6. The molecule has 1 aliphatic heterocycles. The Balaban J connectivity index is 2.30. The third kappa shape index (κ3) is 2.91. The van der Waals surface area contributed by atoms with Gasteiger partial charge < -0.3 is 14.6 Å². The molecule has 116 valence electrons. The van der Waals surface area contributed by atoms with Gasteiger partial charge in [0.1, 0.15) is 11.2 Å². The van der Waals surface area contributed by atoms with E-state index in [1.54, 1.807) is 0 Å². The highest BCUT2D eigenvalue weighted by Crippen LogP contribution is 2.30. The van der Waals surface area contributed by atoms with E-state index >= 15 is 0 Å². The van der Waals surface area contributed by atoms with Gasteiger partial charge in [-0.15, -0.1) is 0 Å². The van der Waals surface area contributed by atoms with Gasteiger partial charge >= 0.3 is 5.97 Å². The second-order valence-corrected chi connectivity index (χ2v) is 5.43. The minimum Gasteiger partial charge on any atom is -0.480 e. The molecule has 1 fully saturated rings. The minimum atomic E-state index is -2.57. The maximum absolute atomic E-state index is 12.6. The van der Waals surface area contributed by atoms with Crippen LogP contribution in [0, 0.1) is 0 Å². The van der Waals surface area contributed by atoms with E-state index in [2.05, 4.69) is 0 Å². The molecule has 2 heterocycles. The number of nitrogens with zero attached hydrogens (tertiary/aromatic N) is 2. The quantitative estimate of drug-likeness (QED) is 0.927. The van der Waals surface area contributed by atoms with Crippen LogP contribution in [-0.4, -0.2) is 45.0 Å². The van der Waals surface area contributed by atoms with Crippen molar-refractivity contribution in [2.45, 2.75) is 44.7 Å². The number of hydrogen-bond donors (Lipinski definition) is 1. The molecule has 5 nitrogen and oxygen atoms in total. The smallest absolute Gasteiger partial charge is 0.329 e. The number of alkyl halides is 2. The van der Waals surface area contributed by atoms with Crippen LogP contribution < -0.4 is 0 Å². The molecule has 1 aromatic heterocycles. The van der Waals surface area contributed by atoms with Crippen LogP contribution in [-0.2, 0) is 11.3 Å². The Morgan fingerprint density at radius 3 is 2.76 bits per heavy atom. The lowest BCUT2D eigenvalue weighted by Crippen LogP contribution is -2.57. The van der Waals surface area contributed by atoms with Crippen LogP contribution in [0.15, 0.2) is 18.3 Å². The van der Waals surface area contributed by atoms with E-state index in [0.29, 0.717) is 19.4 Å². The number of hydrogen-bond acceptors (Lipinski definition) is 2. The molecule has 7 heteroatoms. The molecule has 0 spiro atoms. The Morgan fingerprint density at radius 2 is 2.14 bits per heavy atom. The average molecular weight is 300 g/mol. The van der Waals surface area contributed by atoms with Crippen LogP contribution >= 0.6 is 0 Å². The Morgan fingerprint density at radius 1 is 1.43 bits per heavy atom. The van der Waals surface area contributed by atoms with Crippen molar-refractivity contribution in [3.05, 3.63) is 24.0 Å². The number of carboxylic acids is 1. The van der Waals surface area contributed by atoms with Gasteiger partial charge in [-0.3, -0.25) is 4.79 Å². The van der Waals surface area contributed by atoms with E-state index in [4.69, 9.17) is 0 Å². The Bertz CT molecular complexity index is 544. The number of piperidine rings is 1. The summed E-state index contributed by atoms with van der Waals surface area (Å²) in [6.07, 6.45) is 0.635. The molecule has 1 saturated heterocycles. The van der Waals surface area contributed by atoms with Gasteiger partial charge in [-0.25, -0.2) is 13.6 Å². The zero-order valence-corrected chi connectivity index (χ0v) is 11.8. The van der Waals surface area contributed by atoms with E-state index in [1.807, 2.05) is 0 Å². The Hall–Kier alpha value is -1.92. The number of halogens is 2. The van der Waals surface area contributed by atoms with Crippen LogP contribution in [0.3, 0.4) is 0 Å². The fourth-order valence-corrected chi connectivity index (χ4v) is 2.72. The summed E-state index contributed by atoms with van der Waals surface area (Å²) >= 11 is 0. The lowest BCUT2D eigenvalue weighted by molar-refractivity contribution is -0.150. The maximum atomic E-state index is 12.6. The molecule has 21 heavy (non-hydrogen) atoms. The van der Waals surface area contributed by atoms with Crippen LogP contribution in [0.5, 0.6) is 0 Å². The van der Waals surface area contributed by atoms with Gasteiger partial charge in [0.05, 0.1) is 6.54 Å². The number of carbonyl (C=O) groups excluding carboxylic acids is 1. The number of amides is 1. The van der Waals surface area contributed by atoms with Crippen molar-refractivity contribution >= 4 is 11.9 Å². The average Bonchev–Trinajstić information content (AvgIpc) is 2.85. The lowest BCUT2D eigenvalue weighted by atomic mass is 9.88. The third-order valence-corrected chi connectivity index (χ3v) is 3.98. The summed E-state index contributed by atoms with van der Waals surface area (Å²) in [5, 5.41) is 9.41. The van der Waals surface area contributed by atoms with Crippen molar-refractivity contribution < 1.29 is 23.5 Å². The van der Waals surface area contributed by atoms with Crippen molar-refractivity contribution in [1.82, 2.24) is 9.47 Å². The molecule has 1 unspecified atom stereocenters. The number of carbonyl (C=O) groups is 2. The van der Waals surface area contributed by atoms with Gasteiger partial charge in [0.2, 0.25) is 0 Å². The summed E-state index contributed by atoms with van der Waals surface area (Å²) < 4.78 is 26.2. The standard InChI is InChI=1S/C14H18F2N2O3/c1-14(13(20)21)6-2-3-8-18(14)12(19)10-5-4-7-17(10)9-11(15)16/h4-5,7,11H,2-3,6,8-9H2,1H3,(H,20,21). The van der Waals surface area contributed by atoms with Crippen molar-refractivity contribution in [3.8, 4) is 0 Å². The molecule has 0 bridgehead atoms. The summed E-state index contributed by atoms with van der Waals surface area (Å²) in [5.74, 6) is -1.58. The lowest BCUT2D eigenvalue weighted by Gasteiger charge is -2.41. The van der Waals surface area contributed by atoms with E-state index in [-0.39, 0.29) is 5.69 Å². The van der Waals surface area contributed by atoms with Crippen LogP contribution in [0.1, 0.15) is 36.7 Å². The topological polar surface area (TPSA) is 62.5 Å². The molecule has 0 aromatic carbocycles. The largest absolute Gasteiger partial charge is 0.480 e. The van der Waals surface area contributed by atoms with Crippen molar-refractivity contribution in [3.63, 3.8) is 0 Å². The van der Waals surface area contributed by atoms with Gasteiger partial charge in [0, 0.05) is 12.7 Å². The predicted molar refractivity (Wildman–Crippen MR) is 71.4 cm³/mol. The second-order valence-electron chi connectivity index (χ2n) is 5.43. The SMILES string of the molecule is CC1(C(=O)O)CCCCN1C(=O)c1cccn1CC(F)F. The van der Waals surface area contributed by atoms with Crippen LogP contribution in [0.4, 0.5) is 8.78 Å². The molecule has 0 saturated carbocycles. The van der Waals surface area contributed by atoms with Crippen LogP contribution in [0.25, 0.3) is 0 Å². The number of rotatable bonds is 4. The molecule has 1 amide bonds. The summed E-state index contributed by atoms with van der Waals surface area (Å²) in [6, 6.07) is 2.96. The van der Waals surface area contributed by atoms with E-state index in [0.717, 1.165) is 6.42 Å². The molecule has 2 rings (SSSR count). The summed E-state index contributed by atoms with van der Waals surface area (Å²) in [6.45, 7) is 1.25. The first kappa shape index (κ1) is 15.5. The van der Waals surface area contributed by atoms with E-state index in [9.17, 15) is 23.5 Å². The first-order chi connectivity index (χ1) is 9.86. The molecule has 1 N–H and O–H groups in total. The molecule has 1 aromatic rings.